The Labute approximate surface area is 90.0 Å². The van der Waals surface area contributed by atoms with Gasteiger partial charge in [0.05, 0.1) is 37.0 Å². The predicted molar refractivity (Wildman–Crippen MR) is 58.7 cm³/mol. The summed E-state index contributed by atoms with van der Waals surface area (Å²) in [6, 6.07) is 0.265. The van der Waals surface area contributed by atoms with Gasteiger partial charge in [0.25, 0.3) is 0 Å². The largest absolute Gasteiger partial charge is 0.375 e. The summed E-state index contributed by atoms with van der Waals surface area (Å²) in [6.07, 6.45) is 4.65. The van der Waals surface area contributed by atoms with Crippen molar-refractivity contribution < 1.29 is 4.74 Å². The monoisotopic (exact) mass is 207 g/mol. The van der Waals surface area contributed by atoms with Crippen molar-refractivity contribution in [1.29, 1.82) is 0 Å². The number of fused-ring (bicyclic) bond motifs is 1. The normalized spacial score (nSPS) is 19.9. The standard InChI is InChI=1S/C11H17N3O/c1-3-6-15-7-10-11-9(4-5-12-10)13-8-14(11)2/h3,8,10,12H,1,4-7H2,2H3/t10-/m1/s1. The lowest BCUT2D eigenvalue weighted by Crippen LogP contribution is -2.34. The summed E-state index contributed by atoms with van der Waals surface area (Å²) in [7, 11) is 2.03. The first-order valence-electron chi connectivity index (χ1n) is 5.25. The molecule has 0 aliphatic carbocycles. The first kappa shape index (κ1) is 10.4. The average molecular weight is 207 g/mol. The Hall–Kier alpha value is -1.13. The molecule has 0 fully saturated rings. The van der Waals surface area contributed by atoms with Crippen molar-refractivity contribution in [3.8, 4) is 0 Å². The van der Waals surface area contributed by atoms with Crippen molar-refractivity contribution in [2.24, 2.45) is 7.05 Å². The third kappa shape index (κ3) is 2.11. The highest BCUT2D eigenvalue weighted by atomic mass is 16.5. The van der Waals surface area contributed by atoms with Crippen LogP contribution in [0, 0.1) is 0 Å². The Kier molecular flexibility index (Phi) is 3.18. The number of aromatic nitrogens is 2. The lowest BCUT2D eigenvalue weighted by atomic mass is 10.1. The van der Waals surface area contributed by atoms with E-state index in [0.717, 1.165) is 13.0 Å². The summed E-state index contributed by atoms with van der Waals surface area (Å²) in [6.45, 7) is 5.89. The number of ether oxygens (including phenoxy) is 1. The Morgan fingerprint density at radius 2 is 2.67 bits per heavy atom. The number of nitrogens with one attached hydrogen (secondary N) is 1. The second-order valence-electron chi connectivity index (χ2n) is 3.77. The van der Waals surface area contributed by atoms with Crippen molar-refractivity contribution in [2.75, 3.05) is 19.8 Å². The molecule has 82 valence electrons. The van der Waals surface area contributed by atoms with E-state index in [4.69, 9.17) is 4.74 Å². The summed E-state index contributed by atoms with van der Waals surface area (Å²) in [5.74, 6) is 0. The summed E-state index contributed by atoms with van der Waals surface area (Å²) in [5.41, 5.74) is 2.45. The minimum atomic E-state index is 0.265. The lowest BCUT2D eigenvalue weighted by Gasteiger charge is -2.24. The van der Waals surface area contributed by atoms with E-state index in [1.54, 1.807) is 6.08 Å². The molecule has 15 heavy (non-hydrogen) atoms. The van der Waals surface area contributed by atoms with Crippen molar-refractivity contribution in [3.05, 3.63) is 30.4 Å². The fraction of sp³-hybridized carbons (Fsp3) is 0.545. The van der Waals surface area contributed by atoms with Crippen LogP contribution in [0.4, 0.5) is 0 Å². The summed E-state index contributed by atoms with van der Waals surface area (Å²) in [5, 5.41) is 3.44. The molecule has 0 spiro atoms. The van der Waals surface area contributed by atoms with Crippen LogP contribution in [0.1, 0.15) is 17.4 Å². The summed E-state index contributed by atoms with van der Waals surface area (Å²) < 4.78 is 7.55. The Morgan fingerprint density at radius 1 is 1.80 bits per heavy atom. The molecule has 0 aromatic carbocycles. The van der Waals surface area contributed by atoms with Gasteiger partial charge in [-0.3, -0.25) is 0 Å². The first-order valence-corrected chi connectivity index (χ1v) is 5.25. The molecular formula is C11H17N3O. The maximum Gasteiger partial charge on any atom is 0.0949 e. The molecule has 1 aromatic rings. The van der Waals surface area contributed by atoms with Crippen molar-refractivity contribution >= 4 is 0 Å². The van der Waals surface area contributed by atoms with Gasteiger partial charge in [0.1, 0.15) is 0 Å². The van der Waals surface area contributed by atoms with Crippen molar-refractivity contribution in [2.45, 2.75) is 12.5 Å². The third-order valence-electron chi connectivity index (χ3n) is 2.67. The number of hydrogen-bond acceptors (Lipinski definition) is 3. The number of nitrogens with zero attached hydrogens (tertiary/aromatic N) is 2. The molecule has 2 rings (SSSR count). The predicted octanol–water partition coefficient (Wildman–Crippen LogP) is 0.809. The number of hydrogen-bond donors (Lipinski definition) is 1. The van der Waals surface area contributed by atoms with E-state index in [1.807, 2.05) is 13.4 Å². The number of rotatable bonds is 4. The van der Waals surface area contributed by atoms with Crippen LogP contribution in [0.25, 0.3) is 0 Å². The molecule has 1 aliphatic heterocycles. The van der Waals surface area contributed by atoms with E-state index in [1.165, 1.54) is 11.4 Å². The zero-order valence-corrected chi connectivity index (χ0v) is 9.07. The molecular weight excluding hydrogens is 190 g/mol. The Balaban J connectivity index is 2.07. The van der Waals surface area contributed by atoms with Gasteiger partial charge < -0.3 is 14.6 Å². The quantitative estimate of drug-likeness (QED) is 0.586. The van der Waals surface area contributed by atoms with Crippen LogP contribution in [-0.4, -0.2) is 29.3 Å². The fourth-order valence-corrected chi connectivity index (χ4v) is 2.00. The lowest BCUT2D eigenvalue weighted by molar-refractivity contribution is 0.131. The number of imidazole rings is 1. The van der Waals surface area contributed by atoms with Crippen LogP contribution in [0.5, 0.6) is 0 Å². The second kappa shape index (κ2) is 4.59. The molecule has 0 unspecified atom stereocenters. The Morgan fingerprint density at radius 3 is 3.47 bits per heavy atom. The van der Waals surface area contributed by atoms with Crippen LogP contribution in [0.15, 0.2) is 19.0 Å². The molecule has 2 heterocycles. The van der Waals surface area contributed by atoms with Gasteiger partial charge in [0.2, 0.25) is 0 Å². The molecule has 0 radical (unpaired) electrons. The maximum absolute atomic E-state index is 5.48. The van der Waals surface area contributed by atoms with Gasteiger partial charge in [-0.1, -0.05) is 6.08 Å². The molecule has 1 aromatic heterocycles. The molecule has 4 nitrogen and oxygen atoms in total. The van der Waals surface area contributed by atoms with Crippen molar-refractivity contribution in [3.63, 3.8) is 0 Å². The van der Waals surface area contributed by atoms with E-state index in [9.17, 15) is 0 Å². The van der Waals surface area contributed by atoms with Crippen LogP contribution < -0.4 is 5.32 Å². The molecule has 0 saturated heterocycles. The molecule has 1 atom stereocenters. The van der Waals surface area contributed by atoms with Crippen molar-refractivity contribution in [1.82, 2.24) is 14.9 Å². The van der Waals surface area contributed by atoms with Gasteiger partial charge in [-0.25, -0.2) is 4.98 Å². The van der Waals surface area contributed by atoms with E-state index in [2.05, 4.69) is 21.4 Å². The van der Waals surface area contributed by atoms with Crippen LogP contribution in [-0.2, 0) is 18.2 Å². The topological polar surface area (TPSA) is 39.1 Å². The van der Waals surface area contributed by atoms with Gasteiger partial charge >= 0.3 is 0 Å². The molecule has 1 N–H and O–H groups in total. The van der Waals surface area contributed by atoms with Crippen LogP contribution in [0.3, 0.4) is 0 Å². The average Bonchev–Trinajstić information content (AvgIpc) is 2.62. The van der Waals surface area contributed by atoms with E-state index < -0.39 is 0 Å². The van der Waals surface area contributed by atoms with E-state index >= 15 is 0 Å². The van der Waals surface area contributed by atoms with Gasteiger partial charge in [0, 0.05) is 20.0 Å². The first-order chi connectivity index (χ1) is 7.33. The second-order valence-corrected chi connectivity index (χ2v) is 3.77. The molecule has 4 heteroatoms. The highest BCUT2D eigenvalue weighted by Crippen LogP contribution is 2.21. The minimum absolute atomic E-state index is 0.265. The smallest absolute Gasteiger partial charge is 0.0949 e. The van der Waals surface area contributed by atoms with Gasteiger partial charge in [0.15, 0.2) is 0 Å². The zero-order valence-electron chi connectivity index (χ0n) is 9.07. The van der Waals surface area contributed by atoms with Crippen LogP contribution >= 0.6 is 0 Å². The maximum atomic E-state index is 5.48. The molecule has 0 amide bonds. The minimum Gasteiger partial charge on any atom is -0.375 e. The van der Waals surface area contributed by atoms with Gasteiger partial charge in [-0.15, -0.1) is 6.58 Å². The Bertz CT molecular complexity index is 346. The molecule has 1 aliphatic rings. The van der Waals surface area contributed by atoms with E-state index in [0.29, 0.717) is 13.2 Å². The zero-order chi connectivity index (χ0) is 10.7. The van der Waals surface area contributed by atoms with Gasteiger partial charge in [-0.2, -0.15) is 0 Å². The van der Waals surface area contributed by atoms with Crippen LogP contribution in [0.2, 0.25) is 0 Å². The SMILES string of the molecule is C=CCOC[C@H]1NCCc2ncn(C)c21. The highest BCUT2D eigenvalue weighted by Gasteiger charge is 2.23. The number of aryl methyl sites for hydroxylation is 1. The molecule has 0 saturated carbocycles. The third-order valence-corrected chi connectivity index (χ3v) is 2.67. The fourth-order valence-electron chi connectivity index (χ4n) is 2.00. The summed E-state index contributed by atoms with van der Waals surface area (Å²) >= 11 is 0. The highest BCUT2D eigenvalue weighted by molar-refractivity contribution is 5.20. The van der Waals surface area contributed by atoms with E-state index in [-0.39, 0.29) is 6.04 Å². The van der Waals surface area contributed by atoms with Gasteiger partial charge in [-0.05, 0) is 0 Å². The summed E-state index contributed by atoms with van der Waals surface area (Å²) in [4.78, 5) is 4.38. The molecule has 0 bridgehead atoms.